The lowest BCUT2D eigenvalue weighted by Gasteiger charge is -2.29. The molecule has 2 rings (SSSR count). The lowest BCUT2D eigenvalue weighted by molar-refractivity contribution is -0.123. The predicted octanol–water partition coefficient (Wildman–Crippen LogP) is 2.25. The van der Waals surface area contributed by atoms with Gasteiger partial charge in [-0.25, -0.2) is 0 Å². The fourth-order valence-electron chi connectivity index (χ4n) is 2.99. The highest BCUT2D eigenvalue weighted by molar-refractivity contribution is 5.85. The molecule has 1 aliphatic carbocycles. The summed E-state index contributed by atoms with van der Waals surface area (Å²) < 4.78 is 0. The molecule has 0 aromatic heterocycles. The third-order valence-corrected chi connectivity index (χ3v) is 4.10. The molecule has 2 N–H and O–H groups in total. The Labute approximate surface area is 111 Å². The van der Waals surface area contributed by atoms with Crippen molar-refractivity contribution in [1.82, 2.24) is 10.6 Å². The second kappa shape index (κ2) is 7.22. The Kier molecular flexibility index (Phi) is 6.28. The Morgan fingerprint density at radius 1 is 1.18 bits per heavy atom. The Bertz CT molecular complexity index is 236. The van der Waals surface area contributed by atoms with Crippen LogP contribution in [0.2, 0.25) is 0 Å². The van der Waals surface area contributed by atoms with Crippen molar-refractivity contribution in [3.63, 3.8) is 0 Å². The smallest absolute Gasteiger partial charge is 0.237 e. The molecule has 100 valence electrons. The molecule has 2 aliphatic rings. The van der Waals surface area contributed by atoms with Crippen molar-refractivity contribution in [1.29, 1.82) is 0 Å². The molecule has 1 unspecified atom stereocenters. The van der Waals surface area contributed by atoms with E-state index in [2.05, 4.69) is 17.6 Å². The normalized spacial score (nSPS) is 27.2. The van der Waals surface area contributed by atoms with Crippen molar-refractivity contribution in [3.8, 4) is 0 Å². The lowest BCUT2D eigenvalue weighted by atomic mass is 9.84. The van der Waals surface area contributed by atoms with Crippen LogP contribution in [0.15, 0.2) is 0 Å². The van der Waals surface area contributed by atoms with Crippen molar-refractivity contribution in [2.45, 2.75) is 64.0 Å². The van der Waals surface area contributed by atoms with Crippen LogP contribution in [0.3, 0.4) is 0 Å². The molecule has 17 heavy (non-hydrogen) atoms. The van der Waals surface area contributed by atoms with Crippen molar-refractivity contribution in [2.24, 2.45) is 5.92 Å². The molecule has 3 nitrogen and oxygen atoms in total. The largest absolute Gasteiger partial charge is 0.352 e. The molecule has 1 saturated carbocycles. The van der Waals surface area contributed by atoms with E-state index < -0.39 is 0 Å². The molecular weight excluding hydrogens is 236 g/mol. The average molecular weight is 261 g/mol. The first-order valence-corrected chi connectivity index (χ1v) is 6.81. The maximum atomic E-state index is 11.9. The molecule has 0 spiro atoms. The van der Waals surface area contributed by atoms with E-state index in [0.29, 0.717) is 12.0 Å². The number of nitrogens with one attached hydrogen (secondary N) is 2. The van der Waals surface area contributed by atoms with Crippen LogP contribution in [-0.2, 0) is 4.79 Å². The third-order valence-electron chi connectivity index (χ3n) is 4.10. The number of hydrogen-bond acceptors (Lipinski definition) is 2. The van der Waals surface area contributed by atoms with Gasteiger partial charge in [0.25, 0.3) is 0 Å². The topological polar surface area (TPSA) is 41.1 Å². The molecule has 1 aliphatic heterocycles. The Morgan fingerprint density at radius 2 is 1.88 bits per heavy atom. The van der Waals surface area contributed by atoms with Gasteiger partial charge in [0.1, 0.15) is 0 Å². The number of amides is 1. The molecule has 2 fully saturated rings. The maximum absolute atomic E-state index is 11.9. The minimum atomic E-state index is 0. The van der Waals surface area contributed by atoms with Gasteiger partial charge in [0.05, 0.1) is 6.04 Å². The highest BCUT2D eigenvalue weighted by atomic mass is 35.5. The summed E-state index contributed by atoms with van der Waals surface area (Å²) in [5.41, 5.74) is 0. The minimum absolute atomic E-state index is 0. The molecule has 4 heteroatoms. The van der Waals surface area contributed by atoms with E-state index in [1.807, 2.05) is 0 Å². The first kappa shape index (κ1) is 14.8. The quantitative estimate of drug-likeness (QED) is 0.817. The lowest BCUT2D eigenvalue weighted by Crippen LogP contribution is -2.46. The highest BCUT2D eigenvalue weighted by Crippen LogP contribution is 2.26. The number of halogens is 1. The van der Waals surface area contributed by atoms with Crippen molar-refractivity contribution >= 4 is 18.3 Å². The summed E-state index contributed by atoms with van der Waals surface area (Å²) in [5, 5.41) is 6.44. The number of rotatable bonds is 3. The van der Waals surface area contributed by atoms with Crippen molar-refractivity contribution < 1.29 is 4.79 Å². The van der Waals surface area contributed by atoms with Crippen LogP contribution in [0.25, 0.3) is 0 Å². The van der Waals surface area contributed by atoms with Gasteiger partial charge in [-0.2, -0.15) is 0 Å². The highest BCUT2D eigenvalue weighted by Gasteiger charge is 2.26. The van der Waals surface area contributed by atoms with Gasteiger partial charge in [0, 0.05) is 6.04 Å². The van der Waals surface area contributed by atoms with Crippen LogP contribution < -0.4 is 10.6 Å². The van der Waals surface area contributed by atoms with E-state index >= 15 is 0 Å². The fraction of sp³-hybridized carbons (Fsp3) is 0.923. The number of carbonyl (C=O) groups excluding carboxylic acids is 1. The van der Waals surface area contributed by atoms with Crippen LogP contribution in [0, 0.1) is 5.92 Å². The molecule has 2 atom stereocenters. The van der Waals surface area contributed by atoms with E-state index in [0.717, 1.165) is 19.4 Å². The van der Waals surface area contributed by atoms with E-state index in [1.54, 1.807) is 0 Å². The van der Waals surface area contributed by atoms with Gasteiger partial charge in [0.2, 0.25) is 5.91 Å². The van der Waals surface area contributed by atoms with Gasteiger partial charge in [-0.1, -0.05) is 19.3 Å². The Hall–Kier alpha value is -0.280. The fourth-order valence-corrected chi connectivity index (χ4v) is 2.99. The van der Waals surface area contributed by atoms with Crippen molar-refractivity contribution in [2.75, 3.05) is 6.54 Å². The Balaban J connectivity index is 0.00000144. The minimum Gasteiger partial charge on any atom is -0.352 e. The Morgan fingerprint density at radius 3 is 2.47 bits per heavy atom. The van der Waals surface area contributed by atoms with Gasteiger partial charge in [-0.05, 0) is 45.1 Å². The van der Waals surface area contributed by atoms with E-state index in [4.69, 9.17) is 0 Å². The molecule has 0 radical (unpaired) electrons. The van der Waals surface area contributed by atoms with E-state index in [-0.39, 0.29) is 24.4 Å². The zero-order valence-electron chi connectivity index (χ0n) is 10.7. The van der Waals surface area contributed by atoms with Crippen LogP contribution in [0.1, 0.15) is 51.9 Å². The van der Waals surface area contributed by atoms with Crippen LogP contribution >= 0.6 is 12.4 Å². The molecular formula is C13H25ClN2O. The molecule has 0 aromatic rings. The van der Waals surface area contributed by atoms with Gasteiger partial charge in [-0.3, -0.25) is 4.79 Å². The number of hydrogen-bond donors (Lipinski definition) is 2. The number of carbonyl (C=O) groups is 1. The molecule has 1 saturated heterocycles. The van der Waals surface area contributed by atoms with Crippen LogP contribution in [0.5, 0.6) is 0 Å². The summed E-state index contributed by atoms with van der Waals surface area (Å²) in [6.07, 6.45) is 8.78. The molecule has 1 amide bonds. The second-order valence-electron chi connectivity index (χ2n) is 5.34. The van der Waals surface area contributed by atoms with E-state index in [1.165, 1.54) is 32.1 Å². The summed E-state index contributed by atoms with van der Waals surface area (Å²) in [4.78, 5) is 11.9. The SMILES string of the molecule is CC(NC(=O)[C@@H]1CCCN1)C1CCCCC1.Cl. The van der Waals surface area contributed by atoms with Gasteiger partial charge in [0.15, 0.2) is 0 Å². The summed E-state index contributed by atoms with van der Waals surface area (Å²) in [6.45, 7) is 3.17. The monoisotopic (exact) mass is 260 g/mol. The maximum Gasteiger partial charge on any atom is 0.237 e. The first-order chi connectivity index (χ1) is 7.77. The second-order valence-corrected chi connectivity index (χ2v) is 5.34. The van der Waals surface area contributed by atoms with E-state index in [9.17, 15) is 4.79 Å². The van der Waals surface area contributed by atoms with Crippen LogP contribution in [0.4, 0.5) is 0 Å². The zero-order chi connectivity index (χ0) is 11.4. The average Bonchev–Trinajstić information content (AvgIpc) is 2.83. The van der Waals surface area contributed by atoms with Crippen molar-refractivity contribution in [3.05, 3.63) is 0 Å². The molecule has 0 aromatic carbocycles. The predicted molar refractivity (Wildman–Crippen MR) is 72.5 cm³/mol. The third kappa shape index (κ3) is 4.14. The standard InChI is InChI=1S/C13H24N2O.ClH/c1-10(11-6-3-2-4-7-11)15-13(16)12-8-5-9-14-12;/h10-12,14H,2-9H2,1H3,(H,15,16);1H/t10?,12-;/m0./s1. The van der Waals surface area contributed by atoms with Gasteiger partial charge < -0.3 is 10.6 Å². The summed E-state index contributed by atoms with van der Waals surface area (Å²) >= 11 is 0. The zero-order valence-corrected chi connectivity index (χ0v) is 11.5. The first-order valence-electron chi connectivity index (χ1n) is 6.81. The van der Waals surface area contributed by atoms with Gasteiger partial charge >= 0.3 is 0 Å². The summed E-state index contributed by atoms with van der Waals surface area (Å²) in [6, 6.07) is 0.432. The summed E-state index contributed by atoms with van der Waals surface area (Å²) in [5.74, 6) is 0.926. The molecule has 1 heterocycles. The summed E-state index contributed by atoms with van der Waals surface area (Å²) in [7, 11) is 0. The molecule has 0 bridgehead atoms. The van der Waals surface area contributed by atoms with Crippen LogP contribution in [-0.4, -0.2) is 24.5 Å². The van der Waals surface area contributed by atoms with Gasteiger partial charge in [-0.15, -0.1) is 12.4 Å².